The average molecular weight is 432 g/mol. The number of fused-ring (bicyclic) bond motifs is 6. The van der Waals surface area contributed by atoms with Gasteiger partial charge in [0.1, 0.15) is 11.3 Å². The van der Waals surface area contributed by atoms with Gasteiger partial charge >= 0.3 is 5.97 Å². The van der Waals surface area contributed by atoms with Gasteiger partial charge in [-0.15, -0.1) is 0 Å². The molecule has 1 aromatic carbocycles. The van der Waals surface area contributed by atoms with E-state index in [1.54, 1.807) is 7.11 Å². The lowest BCUT2D eigenvalue weighted by Crippen LogP contribution is -2.32. The summed E-state index contributed by atoms with van der Waals surface area (Å²) >= 11 is 6.52. The van der Waals surface area contributed by atoms with Crippen LogP contribution in [0.5, 0.6) is 5.75 Å². The predicted molar refractivity (Wildman–Crippen MR) is 115 cm³/mol. The highest BCUT2D eigenvalue weighted by Gasteiger charge is 2.47. The molecule has 0 bridgehead atoms. The quantitative estimate of drug-likeness (QED) is 0.668. The molecule has 0 spiro atoms. The van der Waals surface area contributed by atoms with E-state index in [-0.39, 0.29) is 22.9 Å². The molecule has 1 fully saturated rings. The first-order valence-electron chi connectivity index (χ1n) is 10.2. The van der Waals surface area contributed by atoms with Crippen molar-refractivity contribution in [2.45, 2.75) is 45.1 Å². The fourth-order valence-corrected chi connectivity index (χ4v) is 5.24. The normalized spacial score (nSPS) is 20.9. The van der Waals surface area contributed by atoms with Crippen molar-refractivity contribution in [1.82, 2.24) is 4.57 Å². The molecule has 2 aliphatic rings. The average Bonchev–Trinajstić information content (AvgIpc) is 3.01. The minimum absolute atomic E-state index is 0.0406. The number of pyridine rings is 1. The van der Waals surface area contributed by atoms with Gasteiger partial charge in [-0.1, -0.05) is 25.4 Å². The Kier molecular flexibility index (Phi) is 5.41. The molecule has 0 radical (unpaired) electrons. The lowest BCUT2D eigenvalue weighted by Gasteiger charge is -2.40. The van der Waals surface area contributed by atoms with Crippen molar-refractivity contribution in [1.29, 1.82) is 0 Å². The molecule has 7 heteroatoms. The van der Waals surface area contributed by atoms with E-state index in [0.29, 0.717) is 29.7 Å². The van der Waals surface area contributed by atoms with Crippen LogP contribution in [0.2, 0.25) is 5.02 Å². The van der Waals surface area contributed by atoms with Gasteiger partial charge in [0.25, 0.3) is 0 Å². The highest BCUT2D eigenvalue weighted by Crippen LogP contribution is 2.59. The highest BCUT2D eigenvalue weighted by atomic mass is 35.5. The molecule has 0 saturated heterocycles. The van der Waals surface area contributed by atoms with Crippen molar-refractivity contribution >= 4 is 17.6 Å². The maximum atomic E-state index is 12.5. The van der Waals surface area contributed by atoms with Crippen molar-refractivity contribution in [2.75, 3.05) is 20.3 Å². The second kappa shape index (κ2) is 7.75. The number of methoxy groups -OCH3 is 1. The van der Waals surface area contributed by atoms with Gasteiger partial charge in [0.2, 0.25) is 0 Å². The van der Waals surface area contributed by atoms with Crippen LogP contribution in [0.25, 0.3) is 11.3 Å². The summed E-state index contributed by atoms with van der Waals surface area (Å²) in [6, 6.07) is 5.34. The van der Waals surface area contributed by atoms with Crippen LogP contribution >= 0.6 is 11.6 Å². The third kappa shape index (κ3) is 3.42. The second-order valence-electron chi connectivity index (χ2n) is 8.79. The molecule has 0 amide bonds. The Morgan fingerprint density at radius 2 is 2.07 bits per heavy atom. The van der Waals surface area contributed by atoms with Crippen molar-refractivity contribution < 1.29 is 19.4 Å². The lowest BCUT2D eigenvalue weighted by atomic mass is 9.77. The largest absolute Gasteiger partial charge is 0.492 e. The van der Waals surface area contributed by atoms with Crippen LogP contribution < -0.4 is 10.2 Å². The number of halogens is 1. The minimum Gasteiger partial charge on any atom is -0.492 e. The predicted octanol–water partition coefficient (Wildman–Crippen LogP) is 4.74. The summed E-state index contributed by atoms with van der Waals surface area (Å²) in [7, 11) is 1.66. The first-order valence-corrected chi connectivity index (χ1v) is 10.6. The zero-order chi connectivity index (χ0) is 21.6. The van der Waals surface area contributed by atoms with E-state index < -0.39 is 11.4 Å². The Balaban J connectivity index is 1.86. The number of hydrogen-bond acceptors (Lipinski definition) is 4. The fraction of sp³-hybridized carbons (Fsp3) is 0.478. The molecule has 1 aliphatic heterocycles. The topological polar surface area (TPSA) is 77.8 Å². The van der Waals surface area contributed by atoms with Crippen molar-refractivity contribution in [2.24, 2.45) is 5.41 Å². The molecular formula is C23H26ClNO5. The van der Waals surface area contributed by atoms with Crippen LogP contribution in [0.4, 0.5) is 0 Å². The monoisotopic (exact) mass is 431 g/mol. The zero-order valence-corrected chi connectivity index (χ0v) is 18.2. The highest BCUT2D eigenvalue weighted by molar-refractivity contribution is 6.32. The molecule has 30 heavy (non-hydrogen) atoms. The molecular weight excluding hydrogens is 406 g/mol. The Hall–Kier alpha value is -2.31. The number of aromatic carboxylic acids is 1. The third-order valence-electron chi connectivity index (χ3n) is 6.42. The smallest absolute Gasteiger partial charge is 0.341 e. The van der Waals surface area contributed by atoms with E-state index in [0.717, 1.165) is 30.4 Å². The first kappa shape index (κ1) is 20.9. The Labute approximate surface area is 180 Å². The van der Waals surface area contributed by atoms with Gasteiger partial charge < -0.3 is 19.1 Å². The summed E-state index contributed by atoms with van der Waals surface area (Å²) in [4.78, 5) is 24.1. The summed E-state index contributed by atoms with van der Waals surface area (Å²) < 4.78 is 13.0. The molecule has 2 heterocycles. The maximum Gasteiger partial charge on any atom is 0.341 e. The second-order valence-corrected chi connectivity index (χ2v) is 9.20. The van der Waals surface area contributed by atoms with E-state index in [1.165, 1.54) is 12.3 Å². The van der Waals surface area contributed by atoms with Crippen LogP contribution in [-0.2, 0) is 4.74 Å². The van der Waals surface area contributed by atoms with E-state index in [2.05, 4.69) is 13.8 Å². The zero-order valence-electron chi connectivity index (χ0n) is 17.4. The van der Waals surface area contributed by atoms with Gasteiger partial charge in [-0.2, -0.15) is 0 Å². The molecule has 160 valence electrons. The third-order valence-corrected chi connectivity index (χ3v) is 6.72. The molecule has 1 N–H and O–H groups in total. The summed E-state index contributed by atoms with van der Waals surface area (Å²) in [6.07, 6.45) is 4.25. The van der Waals surface area contributed by atoms with Crippen LogP contribution in [0.15, 0.2) is 29.2 Å². The summed E-state index contributed by atoms with van der Waals surface area (Å²) in [5, 5.41) is 9.95. The van der Waals surface area contributed by atoms with Crippen molar-refractivity contribution in [3.8, 4) is 17.0 Å². The standard InChI is InChI=1S/C23H26ClNO5/c1-23(2)6-5-13-14-10-20(30-8-4-7-29-3)17(24)9-15(14)18-11-19(26)16(22(27)28)12-25(18)21(13)23/h9-13,21H,4-8H2,1-3H3,(H,27,28)/t13-,21-/m1/s1. The number of hydrogen-bond donors (Lipinski definition) is 1. The molecule has 2 aromatic rings. The Morgan fingerprint density at radius 3 is 2.77 bits per heavy atom. The van der Waals surface area contributed by atoms with Gasteiger partial charge in [-0.3, -0.25) is 4.79 Å². The number of benzene rings is 1. The Morgan fingerprint density at radius 1 is 1.30 bits per heavy atom. The summed E-state index contributed by atoms with van der Waals surface area (Å²) in [5.41, 5.74) is 1.96. The molecule has 1 aliphatic carbocycles. The molecule has 0 unspecified atom stereocenters. The minimum atomic E-state index is -1.20. The number of nitrogens with zero attached hydrogens (tertiary/aromatic N) is 1. The van der Waals surface area contributed by atoms with Gasteiger partial charge in [0.05, 0.1) is 17.3 Å². The number of ether oxygens (including phenoxy) is 2. The lowest BCUT2D eigenvalue weighted by molar-refractivity contribution is 0.0693. The summed E-state index contributed by atoms with van der Waals surface area (Å²) in [6.45, 7) is 5.51. The molecule has 4 rings (SSSR count). The number of aromatic nitrogens is 1. The van der Waals surface area contributed by atoms with Crippen molar-refractivity contribution in [3.63, 3.8) is 0 Å². The van der Waals surface area contributed by atoms with E-state index in [1.807, 2.05) is 16.7 Å². The van der Waals surface area contributed by atoms with Crippen LogP contribution in [-0.4, -0.2) is 36.0 Å². The summed E-state index contributed by atoms with van der Waals surface area (Å²) in [5.74, 6) is -0.371. The Bertz CT molecular complexity index is 1060. The van der Waals surface area contributed by atoms with Gasteiger partial charge in [-0.25, -0.2) is 4.79 Å². The van der Waals surface area contributed by atoms with Gasteiger partial charge in [0.15, 0.2) is 5.43 Å². The van der Waals surface area contributed by atoms with Crippen LogP contribution in [0.1, 0.15) is 61.0 Å². The number of carboxylic acids is 1. The molecule has 1 aromatic heterocycles. The molecule has 6 nitrogen and oxygen atoms in total. The number of carbonyl (C=O) groups is 1. The SMILES string of the molecule is COCCCOc1cc2c(cc1Cl)-c1cc(=O)c(C(=O)O)cn1[C@@H]1[C@@H]2CCC1(C)C. The van der Waals surface area contributed by atoms with E-state index >= 15 is 0 Å². The van der Waals surface area contributed by atoms with E-state index in [4.69, 9.17) is 21.1 Å². The van der Waals surface area contributed by atoms with E-state index in [9.17, 15) is 14.7 Å². The van der Waals surface area contributed by atoms with Crippen molar-refractivity contribution in [3.05, 3.63) is 50.8 Å². The fourth-order valence-electron chi connectivity index (χ4n) is 5.02. The van der Waals surface area contributed by atoms with Gasteiger partial charge in [-0.05, 0) is 36.0 Å². The first-order chi connectivity index (χ1) is 14.2. The number of rotatable bonds is 6. The van der Waals surface area contributed by atoms with Crippen LogP contribution in [0, 0.1) is 5.41 Å². The van der Waals surface area contributed by atoms with Crippen LogP contribution in [0.3, 0.4) is 0 Å². The maximum absolute atomic E-state index is 12.5. The molecule has 2 atom stereocenters. The number of carboxylic acid groups (broad SMARTS) is 1. The van der Waals surface area contributed by atoms with Gasteiger partial charge in [0, 0.05) is 49.9 Å². The molecule has 1 saturated carbocycles.